The minimum atomic E-state index is 0.426. The predicted octanol–water partition coefficient (Wildman–Crippen LogP) is 3.40. The minimum Gasteiger partial charge on any atom is -0.379 e. The van der Waals surface area contributed by atoms with Crippen molar-refractivity contribution >= 4 is 0 Å². The molecule has 0 aromatic heterocycles. The Balaban J connectivity index is 0.000000151. The number of hydrogen-bond acceptors (Lipinski definition) is 2. The van der Waals surface area contributed by atoms with Gasteiger partial charge in [-0.2, -0.15) is 0 Å². The second-order valence-corrected chi connectivity index (χ2v) is 5.21. The maximum Gasteiger partial charge on any atom is 0.0580 e. The van der Waals surface area contributed by atoms with Gasteiger partial charge in [0.1, 0.15) is 0 Å². The van der Waals surface area contributed by atoms with E-state index in [9.17, 15) is 0 Å². The van der Waals surface area contributed by atoms with E-state index >= 15 is 0 Å². The molecule has 0 radical (unpaired) electrons. The Kier molecular flexibility index (Phi) is 5.62. The molecule has 0 spiro atoms. The van der Waals surface area contributed by atoms with E-state index in [0.717, 1.165) is 12.5 Å². The Morgan fingerprint density at radius 1 is 0.933 bits per heavy atom. The third-order valence-electron chi connectivity index (χ3n) is 2.35. The molecule has 2 heteroatoms. The molecule has 2 rings (SSSR count). The Bertz CT molecular complexity index is 156. The molecule has 0 saturated heterocycles. The highest BCUT2D eigenvalue weighted by Crippen LogP contribution is 2.29. The van der Waals surface area contributed by atoms with Crippen LogP contribution in [0.15, 0.2) is 0 Å². The van der Waals surface area contributed by atoms with Crippen LogP contribution in [-0.4, -0.2) is 24.9 Å². The van der Waals surface area contributed by atoms with E-state index in [1.807, 2.05) is 0 Å². The highest BCUT2D eigenvalue weighted by atomic mass is 16.5. The number of hydrogen-bond donors (Lipinski definition) is 0. The van der Waals surface area contributed by atoms with Crippen LogP contribution in [0.2, 0.25) is 0 Å². The average molecular weight is 214 g/mol. The first-order chi connectivity index (χ1) is 7.08. The first-order valence-corrected chi connectivity index (χ1v) is 6.35. The molecule has 2 aliphatic rings. The van der Waals surface area contributed by atoms with Gasteiger partial charge in [0, 0.05) is 6.61 Å². The molecule has 0 atom stereocenters. The van der Waals surface area contributed by atoms with Gasteiger partial charge in [0.05, 0.1) is 18.3 Å². The maximum atomic E-state index is 5.37. The van der Waals surface area contributed by atoms with Gasteiger partial charge < -0.3 is 9.47 Å². The summed E-state index contributed by atoms with van der Waals surface area (Å²) in [7, 11) is 0. The Morgan fingerprint density at radius 3 is 1.80 bits per heavy atom. The zero-order valence-corrected chi connectivity index (χ0v) is 10.7. The summed E-state index contributed by atoms with van der Waals surface area (Å²) in [5.74, 6) is 0.914. The quantitative estimate of drug-likeness (QED) is 0.698. The van der Waals surface area contributed by atoms with E-state index < -0.39 is 0 Å². The molecule has 0 aromatic carbocycles. The van der Waals surface area contributed by atoms with Crippen LogP contribution in [0.4, 0.5) is 0 Å². The lowest BCUT2D eigenvalue weighted by Crippen LogP contribution is -2.04. The molecule has 2 saturated carbocycles. The van der Waals surface area contributed by atoms with Gasteiger partial charge in [-0.3, -0.25) is 0 Å². The van der Waals surface area contributed by atoms with Crippen molar-refractivity contribution in [1.82, 2.24) is 0 Å². The van der Waals surface area contributed by atoms with E-state index in [4.69, 9.17) is 9.47 Å². The van der Waals surface area contributed by atoms with Gasteiger partial charge in [0.15, 0.2) is 0 Å². The standard InChI is InChI=1S/C7H14O.C6H12O/c1-6(2)8-5-7-3-4-7;1-5(2)7-6-3-4-6/h6-7H,3-5H2,1-2H3;5-6H,3-4H2,1-2H3. The molecule has 2 nitrogen and oxygen atoms in total. The lowest BCUT2D eigenvalue weighted by Gasteiger charge is -2.04. The van der Waals surface area contributed by atoms with Gasteiger partial charge in [-0.25, -0.2) is 0 Å². The van der Waals surface area contributed by atoms with Crippen LogP contribution < -0.4 is 0 Å². The predicted molar refractivity (Wildman–Crippen MR) is 63.1 cm³/mol. The fourth-order valence-electron chi connectivity index (χ4n) is 1.20. The molecule has 0 heterocycles. The summed E-state index contributed by atoms with van der Waals surface area (Å²) in [6.07, 6.45) is 6.86. The monoisotopic (exact) mass is 214 g/mol. The summed E-state index contributed by atoms with van der Waals surface area (Å²) in [6, 6.07) is 0. The minimum absolute atomic E-state index is 0.426. The Hall–Kier alpha value is -0.0800. The number of ether oxygens (including phenoxy) is 2. The van der Waals surface area contributed by atoms with Crippen molar-refractivity contribution in [3.63, 3.8) is 0 Å². The molecular weight excluding hydrogens is 188 g/mol. The molecule has 0 unspecified atom stereocenters. The van der Waals surface area contributed by atoms with Crippen LogP contribution in [-0.2, 0) is 9.47 Å². The molecule has 2 aliphatic carbocycles. The van der Waals surface area contributed by atoms with Crippen molar-refractivity contribution in [1.29, 1.82) is 0 Å². The second kappa shape index (κ2) is 6.49. The average Bonchev–Trinajstić information content (AvgIpc) is 2.96. The molecule has 90 valence electrons. The van der Waals surface area contributed by atoms with Gasteiger partial charge >= 0.3 is 0 Å². The van der Waals surface area contributed by atoms with Gasteiger partial charge in [0.2, 0.25) is 0 Å². The fraction of sp³-hybridized carbons (Fsp3) is 1.00. The third-order valence-corrected chi connectivity index (χ3v) is 2.35. The van der Waals surface area contributed by atoms with Gasteiger partial charge in [-0.1, -0.05) is 0 Å². The molecular formula is C13H26O2. The molecule has 0 N–H and O–H groups in total. The van der Waals surface area contributed by atoms with Crippen LogP contribution in [0, 0.1) is 5.92 Å². The smallest absolute Gasteiger partial charge is 0.0580 e. The van der Waals surface area contributed by atoms with E-state index in [-0.39, 0.29) is 0 Å². The van der Waals surface area contributed by atoms with Crippen molar-refractivity contribution in [2.24, 2.45) is 5.92 Å². The SMILES string of the molecule is CC(C)OC1CC1.CC(C)OCC1CC1. The molecule has 0 amide bonds. The highest BCUT2D eigenvalue weighted by molar-refractivity contribution is 4.73. The van der Waals surface area contributed by atoms with E-state index in [0.29, 0.717) is 18.3 Å². The second-order valence-electron chi connectivity index (χ2n) is 5.21. The summed E-state index contributed by atoms with van der Waals surface area (Å²) < 4.78 is 10.7. The summed E-state index contributed by atoms with van der Waals surface area (Å²) in [4.78, 5) is 0. The van der Waals surface area contributed by atoms with E-state index in [1.165, 1.54) is 25.7 Å². The Morgan fingerprint density at radius 2 is 1.53 bits per heavy atom. The summed E-state index contributed by atoms with van der Waals surface area (Å²) in [5.41, 5.74) is 0. The lowest BCUT2D eigenvalue weighted by molar-refractivity contribution is 0.0650. The normalized spacial score (nSPS) is 20.4. The van der Waals surface area contributed by atoms with Crippen LogP contribution >= 0.6 is 0 Å². The van der Waals surface area contributed by atoms with E-state index in [2.05, 4.69) is 27.7 Å². The van der Waals surface area contributed by atoms with Gasteiger partial charge in [-0.05, 0) is 59.3 Å². The van der Waals surface area contributed by atoms with Crippen LogP contribution in [0.25, 0.3) is 0 Å². The van der Waals surface area contributed by atoms with Crippen molar-refractivity contribution < 1.29 is 9.47 Å². The van der Waals surface area contributed by atoms with Crippen molar-refractivity contribution in [2.45, 2.75) is 71.7 Å². The fourth-order valence-corrected chi connectivity index (χ4v) is 1.20. The zero-order valence-electron chi connectivity index (χ0n) is 10.7. The van der Waals surface area contributed by atoms with Crippen molar-refractivity contribution in [3.05, 3.63) is 0 Å². The topological polar surface area (TPSA) is 18.5 Å². The molecule has 0 bridgehead atoms. The zero-order chi connectivity index (χ0) is 11.3. The van der Waals surface area contributed by atoms with Crippen molar-refractivity contribution in [3.8, 4) is 0 Å². The van der Waals surface area contributed by atoms with Crippen LogP contribution in [0.3, 0.4) is 0 Å². The number of rotatable bonds is 5. The molecule has 0 aliphatic heterocycles. The summed E-state index contributed by atoms with van der Waals surface area (Å²) in [6.45, 7) is 9.33. The van der Waals surface area contributed by atoms with E-state index in [1.54, 1.807) is 0 Å². The summed E-state index contributed by atoms with van der Waals surface area (Å²) in [5, 5.41) is 0. The van der Waals surface area contributed by atoms with Crippen molar-refractivity contribution in [2.75, 3.05) is 6.61 Å². The third kappa shape index (κ3) is 8.88. The summed E-state index contributed by atoms with van der Waals surface area (Å²) >= 11 is 0. The lowest BCUT2D eigenvalue weighted by atomic mass is 10.4. The highest BCUT2D eigenvalue weighted by Gasteiger charge is 2.22. The first-order valence-electron chi connectivity index (χ1n) is 6.35. The van der Waals surface area contributed by atoms with Crippen LogP contribution in [0.1, 0.15) is 53.4 Å². The van der Waals surface area contributed by atoms with Crippen LogP contribution in [0.5, 0.6) is 0 Å². The first kappa shape index (κ1) is 13.0. The van der Waals surface area contributed by atoms with Gasteiger partial charge in [0.25, 0.3) is 0 Å². The molecule has 15 heavy (non-hydrogen) atoms. The molecule has 0 aromatic rings. The Labute approximate surface area is 94.3 Å². The largest absolute Gasteiger partial charge is 0.379 e. The molecule has 2 fully saturated rings. The maximum absolute atomic E-state index is 5.37. The van der Waals surface area contributed by atoms with Gasteiger partial charge in [-0.15, -0.1) is 0 Å².